The highest BCUT2D eigenvalue weighted by Gasteiger charge is 2.23. The third kappa shape index (κ3) is 5.38. The number of ether oxygens (including phenoxy) is 2. The van der Waals surface area contributed by atoms with Gasteiger partial charge in [0.05, 0.1) is 19.6 Å². The molecule has 3 rings (SSSR count). The van der Waals surface area contributed by atoms with Gasteiger partial charge in [-0.2, -0.15) is 0 Å². The molecule has 0 N–H and O–H groups in total. The maximum Gasteiger partial charge on any atom is 0.307 e. The van der Waals surface area contributed by atoms with E-state index in [2.05, 4.69) is 28.9 Å². The van der Waals surface area contributed by atoms with Gasteiger partial charge in [-0.25, -0.2) is 0 Å². The minimum Gasteiger partial charge on any atom is -0.489 e. The van der Waals surface area contributed by atoms with Crippen molar-refractivity contribution in [2.24, 2.45) is 0 Å². The summed E-state index contributed by atoms with van der Waals surface area (Å²) in [7, 11) is 3.42. The van der Waals surface area contributed by atoms with Crippen molar-refractivity contribution in [1.29, 1.82) is 0 Å². The lowest BCUT2D eigenvalue weighted by Gasteiger charge is -2.31. The van der Waals surface area contributed by atoms with Gasteiger partial charge in [-0.05, 0) is 66.9 Å². The standard InChI is InChI=1S/C25H28N2O3/c1-18-7-5-6-8-23(18)24(16-25(28)29-4)27(3)21-9-11-22(12-10-21)30-17-20-13-14-26-19(2)15-20/h5-15,24H,16-17H2,1-4H3. The highest BCUT2D eigenvalue weighted by atomic mass is 16.5. The van der Waals surface area contributed by atoms with Gasteiger partial charge in [-0.1, -0.05) is 24.3 Å². The highest BCUT2D eigenvalue weighted by Crippen LogP contribution is 2.31. The maximum absolute atomic E-state index is 12.1. The van der Waals surface area contributed by atoms with Crippen molar-refractivity contribution >= 4 is 11.7 Å². The SMILES string of the molecule is COC(=O)CC(c1ccccc1C)N(C)c1ccc(OCc2ccnc(C)c2)cc1. The van der Waals surface area contributed by atoms with Gasteiger partial charge in [-0.3, -0.25) is 9.78 Å². The number of hydrogen-bond acceptors (Lipinski definition) is 5. The van der Waals surface area contributed by atoms with Gasteiger partial charge in [0, 0.05) is 24.6 Å². The number of anilines is 1. The molecule has 0 bridgehead atoms. The molecule has 0 saturated carbocycles. The number of aryl methyl sites for hydroxylation is 2. The molecule has 0 saturated heterocycles. The fourth-order valence-corrected chi connectivity index (χ4v) is 3.48. The smallest absolute Gasteiger partial charge is 0.307 e. The van der Waals surface area contributed by atoms with E-state index in [-0.39, 0.29) is 18.4 Å². The maximum atomic E-state index is 12.1. The fourth-order valence-electron chi connectivity index (χ4n) is 3.48. The highest BCUT2D eigenvalue weighted by molar-refractivity contribution is 5.71. The Kier molecular flexibility index (Phi) is 7.07. The number of benzene rings is 2. The molecule has 2 aromatic carbocycles. The Morgan fingerprint density at radius 3 is 2.47 bits per heavy atom. The van der Waals surface area contributed by atoms with Crippen molar-refractivity contribution in [3.05, 3.63) is 89.2 Å². The summed E-state index contributed by atoms with van der Waals surface area (Å²) >= 11 is 0. The predicted octanol–water partition coefficient (Wildman–Crippen LogP) is 5.02. The third-order valence-corrected chi connectivity index (χ3v) is 5.21. The summed E-state index contributed by atoms with van der Waals surface area (Å²) in [4.78, 5) is 18.4. The summed E-state index contributed by atoms with van der Waals surface area (Å²) in [6, 6.07) is 19.9. The van der Waals surface area contributed by atoms with E-state index < -0.39 is 0 Å². The second-order valence-corrected chi connectivity index (χ2v) is 7.35. The van der Waals surface area contributed by atoms with E-state index >= 15 is 0 Å². The number of aromatic nitrogens is 1. The number of rotatable bonds is 8. The van der Waals surface area contributed by atoms with Crippen LogP contribution in [0.5, 0.6) is 5.75 Å². The molecule has 1 aromatic heterocycles. The minimum atomic E-state index is -0.234. The van der Waals surface area contributed by atoms with Gasteiger partial charge in [0.25, 0.3) is 0 Å². The number of methoxy groups -OCH3 is 1. The lowest BCUT2D eigenvalue weighted by Crippen LogP contribution is -2.27. The predicted molar refractivity (Wildman–Crippen MR) is 119 cm³/mol. The van der Waals surface area contributed by atoms with Gasteiger partial charge in [-0.15, -0.1) is 0 Å². The van der Waals surface area contributed by atoms with Crippen LogP contribution in [0.15, 0.2) is 66.9 Å². The number of esters is 1. The van der Waals surface area contributed by atoms with Crippen molar-refractivity contribution in [1.82, 2.24) is 4.98 Å². The van der Waals surface area contributed by atoms with Crippen LogP contribution >= 0.6 is 0 Å². The molecule has 1 atom stereocenters. The van der Waals surface area contributed by atoms with Crippen molar-refractivity contribution in [2.45, 2.75) is 32.9 Å². The lowest BCUT2D eigenvalue weighted by molar-refractivity contribution is -0.141. The molecular weight excluding hydrogens is 376 g/mol. The quantitative estimate of drug-likeness (QED) is 0.494. The van der Waals surface area contributed by atoms with Crippen molar-refractivity contribution < 1.29 is 14.3 Å². The van der Waals surface area contributed by atoms with Gasteiger partial charge < -0.3 is 14.4 Å². The Morgan fingerprint density at radius 1 is 1.07 bits per heavy atom. The van der Waals surface area contributed by atoms with Crippen LogP contribution in [0.4, 0.5) is 5.69 Å². The van der Waals surface area contributed by atoms with E-state index in [0.29, 0.717) is 6.61 Å². The Morgan fingerprint density at radius 2 is 1.80 bits per heavy atom. The van der Waals surface area contributed by atoms with Gasteiger partial charge in [0.2, 0.25) is 0 Å². The minimum absolute atomic E-state index is 0.120. The van der Waals surface area contributed by atoms with Crippen LogP contribution in [-0.4, -0.2) is 25.1 Å². The monoisotopic (exact) mass is 404 g/mol. The van der Waals surface area contributed by atoms with Gasteiger partial charge in [0.1, 0.15) is 12.4 Å². The zero-order chi connectivity index (χ0) is 21.5. The molecule has 1 heterocycles. The summed E-state index contributed by atoms with van der Waals surface area (Å²) in [5, 5.41) is 0. The number of hydrogen-bond donors (Lipinski definition) is 0. The van der Waals surface area contributed by atoms with E-state index in [1.165, 1.54) is 7.11 Å². The second-order valence-electron chi connectivity index (χ2n) is 7.35. The molecule has 5 nitrogen and oxygen atoms in total. The Hall–Kier alpha value is -3.34. The Bertz CT molecular complexity index is 986. The van der Waals surface area contributed by atoms with E-state index in [1.807, 2.05) is 62.5 Å². The third-order valence-electron chi connectivity index (χ3n) is 5.21. The van der Waals surface area contributed by atoms with Crippen LogP contribution in [0.3, 0.4) is 0 Å². The molecular formula is C25H28N2O3. The van der Waals surface area contributed by atoms with Crippen LogP contribution in [0.1, 0.15) is 34.8 Å². The molecule has 0 aliphatic carbocycles. The average molecular weight is 405 g/mol. The van der Waals surface area contributed by atoms with Crippen molar-refractivity contribution in [3.63, 3.8) is 0 Å². The number of nitrogens with zero attached hydrogens (tertiary/aromatic N) is 2. The first-order valence-corrected chi connectivity index (χ1v) is 9.97. The van der Waals surface area contributed by atoms with Crippen LogP contribution < -0.4 is 9.64 Å². The molecule has 30 heavy (non-hydrogen) atoms. The molecule has 0 fully saturated rings. The normalized spacial score (nSPS) is 11.6. The van der Waals surface area contributed by atoms with E-state index in [1.54, 1.807) is 6.20 Å². The van der Waals surface area contributed by atoms with Crippen LogP contribution in [-0.2, 0) is 16.1 Å². The topological polar surface area (TPSA) is 51.7 Å². The van der Waals surface area contributed by atoms with Crippen LogP contribution in [0.2, 0.25) is 0 Å². The molecule has 3 aromatic rings. The molecule has 156 valence electrons. The van der Waals surface area contributed by atoms with Crippen LogP contribution in [0.25, 0.3) is 0 Å². The Labute approximate surface area is 178 Å². The second kappa shape index (κ2) is 9.92. The first kappa shape index (κ1) is 21.4. The zero-order valence-electron chi connectivity index (χ0n) is 18.0. The van der Waals surface area contributed by atoms with E-state index in [4.69, 9.17) is 9.47 Å². The largest absolute Gasteiger partial charge is 0.489 e. The first-order chi connectivity index (χ1) is 14.5. The molecule has 5 heteroatoms. The first-order valence-electron chi connectivity index (χ1n) is 9.97. The lowest BCUT2D eigenvalue weighted by atomic mass is 9.97. The summed E-state index contributed by atoms with van der Waals surface area (Å²) in [6.07, 6.45) is 2.07. The van der Waals surface area contributed by atoms with Gasteiger partial charge in [0.15, 0.2) is 0 Å². The number of carbonyl (C=O) groups is 1. The summed E-state index contributed by atoms with van der Waals surface area (Å²) < 4.78 is 10.8. The summed E-state index contributed by atoms with van der Waals surface area (Å²) in [5.41, 5.74) is 5.31. The summed E-state index contributed by atoms with van der Waals surface area (Å²) in [5.74, 6) is 0.560. The molecule has 0 radical (unpaired) electrons. The van der Waals surface area contributed by atoms with E-state index in [0.717, 1.165) is 33.8 Å². The molecule has 0 aliphatic heterocycles. The zero-order valence-corrected chi connectivity index (χ0v) is 18.0. The van der Waals surface area contributed by atoms with Crippen molar-refractivity contribution in [2.75, 3.05) is 19.1 Å². The van der Waals surface area contributed by atoms with Gasteiger partial charge >= 0.3 is 5.97 Å². The molecule has 0 spiro atoms. The molecule has 1 unspecified atom stereocenters. The average Bonchev–Trinajstić information content (AvgIpc) is 2.76. The number of carbonyl (C=O) groups excluding carboxylic acids is 1. The van der Waals surface area contributed by atoms with Crippen LogP contribution in [0, 0.1) is 13.8 Å². The summed E-state index contributed by atoms with van der Waals surface area (Å²) in [6.45, 7) is 4.52. The molecule has 0 aliphatic rings. The Balaban J connectivity index is 1.75. The molecule has 0 amide bonds. The van der Waals surface area contributed by atoms with Crippen molar-refractivity contribution in [3.8, 4) is 5.75 Å². The van der Waals surface area contributed by atoms with E-state index in [9.17, 15) is 4.79 Å². The fraction of sp³-hybridized carbons (Fsp3) is 0.280. The number of pyridine rings is 1.